The van der Waals surface area contributed by atoms with Crippen molar-refractivity contribution in [1.29, 1.82) is 0 Å². The van der Waals surface area contributed by atoms with Gasteiger partial charge in [0, 0.05) is 0 Å². The van der Waals surface area contributed by atoms with Gasteiger partial charge in [-0.3, -0.25) is 0 Å². The van der Waals surface area contributed by atoms with Crippen LogP contribution in [-0.4, -0.2) is 16.7 Å². The molecule has 0 saturated heterocycles. The third-order valence-corrected chi connectivity index (χ3v) is 11.8. The lowest BCUT2D eigenvalue weighted by Gasteiger charge is -2.49. The molecule has 0 aromatic heterocycles. The molecule has 0 heterocycles. The third kappa shape index (κ3) is 6.07. The highest BCUT2D eigenvalue weighted by Crippen LogP contribution is 2.61. The molecule has 0 spiro atoms. The molecule has 3 nitrogen and oxygen atoms in total. The molecule has 42 heavy (non-hydrogen) atoms. The van der Waals surface area contributed by atoms with E-state index < -0.39 is 5.41 Å². The first-order valence-electron chi connectivity index (χ1n) is 14.8. The summed E-state index contributed by atoms with van der Waals surface area (Å²) in [4.78, 5) is 0. The summed E-state index contributed by atoms with van der Waals surface area (Å²) >= 11 is 5.28. The maximum absolute atomic E-state index is 11.2. The maximum atomic E-state index is 11.2. The van der Waals surface area contributed by atoms with Crippen LogP contribution >= 0.6 is 45.2 Å². The quantitative estimate of drug-likeness (QED) is 0.137. The fourth-order valence-electron chi connectivity index (χ4n) is 6.38. The highest BCUT2D eigenvalue weighted by atomic mass is 127. The smallest absolute Gasteiger partial charge is 0.119 e. The van der Waals surface area contributed by atoms with E-state index >= 15 is 0 Å². The van der Waals surface area contributed by atoms with Crippen molar-refractivity contribution in [3.05, 3.63) is 86.5 Å². The van der Waals surface area contributed by atoms with E-state index in [2.05, 4.69) is 153 Å². The second kappa shape index (κ2) is 11.5. The summed E-state index contributed by atoms with van der Waals surface area (Å²) in [7, 11) is 0. The van der Waals surface area contributed by atoms with E-state index in [9.17, 15) is 15.3 Å². The van der Waals surface area contributed by atoms with Crippen molar-refractivity contribution in [1.82, 2.24) is 0 Å². The molecule has 0 aliphatic carbocycles. The molecule has 0 aliphatic rings. The van der Waals surface area contributed by atoms with Crippen LogP contribution in [0.2, 0.25) is 0 Å². The molecule has 5 heteroatoms. The van der Waals surface area contributed by atoms with E-state index in [-0.39, 0.29) is 17.7 Å². The number of phenols is 3. The van der Waals surface area contributed by atoms with Crippen molar-refractivity contribution in [2.75, 3.05) is 0 Å². The molecule has 0 fully saturated rings. The first kappa shape index (κ1) is 35.0. The Balaban J connectivity index is 2.82. The van der Waals surface area contributed by atoms with Crippen molar-refractivity contribution < 1.29 is 15.3 Å². The molecule has 0 saturated carbocycles. The minimum atomic E-state index is -0.712. The first-order chi connectivity index (χ1) is 18.9. The lowest BCUT2D eigenvalue weighted by Crippen LogP contribution is -2.47. The SMILES string of the molecule is CCC(I)(I)C(c1cc(C(C)(C)C)c(O)cc1C)(c1cc(C(C)(C)C)c(O)cc1C)c1cc(C(C)(C)C)c(O)cc1C. The van der Waals surface area contributed by atoms with Crippen molar-refractivity contribution >= 4 is 45.2 Å². The number of halogens is 2. The number of rotatable bonds is 5. The van der Waals surface area contributed by atoms with Crippen LogP contribution < -0.4 is 0 Å². The van der Waals surface area contributed by atoms with E-state index in [4.69, 9.17) is 0 Å². The number of benzene rings is 3. The normalized spacial score (nSPS) is 13.5. The number of hydrogen-bond donors (Lipinski definition) is 3. The molecule has 3 aromatic carbocycles. The fourth-order valence-corrected chi connectivity index (χ4v) is 8.13. The Morgan fingerprint density at radius 2 is 0.714 bits per heavy atom. The minimum Gasteiger partial charge on any atom is -0.508 e. The Morgan fingerprint density at radius 3 is 0.905 bits per heavy atom. The minimum absolute atomic E-state index is 0.287. The summed E-state index contributed by atoms with van der Waals surface area (Å²) in [5, 5.41) is 33.7. The van der Waals surface area contributed by atoms with Crippen LogP contribution in [0.25, 0.3) is 0 Å². The van der Waals surface area contributed by atoms with Crippen molar-refractivity contribution in [2.24, 2.45) is 0 Å². The number of aryl methyl sites for hydroxylation is 3. The Hall–Kier alpha value is -1.48. The van der Waals surface area contributed by atoms with Crippen LogP contribution in [0.5, 0.6) is 17.2 Å². The standard InChI is InChI=1S/C37H50I2O3/c1-14-36(38,39)37(24-18-27(33(5,6)7)30(40)15-21(24)2,25-19-28(34(8,9)10)31(41)16-22(25)3)26-20-29(35(11,12)13)32(42)17-23(26)4/h15-20,40-42H,14H2,1-13H3. The van der Waals surface area contributed by atoms with E-state index in [0.29, 0.717) is 17.2 Å². The Labute approximate surface area is 281 Å². The second-order valence-corrected chi connectivity index (χ2v) is 20.9. The van der Waals surface area contributed by atoms with Gasteiger partial charge in [0.2, 0.25) is 0 Å². The number of hydrogen-bond acceptors (Lipinski definition) is 3. The van der Waals surface area contributed by atoms with Crippen LogP contribution in [0.15, 0.2) is 36.4 Å². The maximum Gasteiger partial charge on any atom is 0.119 e. The van der Waals surface area contributed by atoms with Crippen LogP contribution in [0.1, 0.15) is 126 Å². The van der Waals surface area contributed by atoms with E-state index in [1.54, 1.807) is 0 Å². The molecule has 0 aliphatic heterocycles. The molecule has 0 radical (unpaired) electrons. The van der Waals surface area contributed by atoms with E-state index in [1.807, 2.05) is 18.2 Å². The van der Waals surface area contributed by atoms with Crippen molar-refractivity contribution in [2.45, 2.75) is 120 Å². The van der Waals surface area contributed by atoms with Crippen molar-refractivity contribution in [3.8, 4) is 17.2 Å². The average Bonchev–Trinajstić information content (AvgIpc) is 2.79. The molecule has 230 valence electrons. The highest BCUT2D eigenvalue weighted by molar-refractivity contribution is 14.2. The van der Waals surface area contributed by atoms with Crippen LogP contribution in [0.4, 0.5) is 0 Å². The summed E-state index contributed by atoms with van der Waals surface area (Å²) < 4.78 is -0.382. The van der Waals surface area contributed by atoms with Crippen LogP contribution in [0, 0.1) is 20.8 Å². The predicted molar refractivity (Wildman–Crippen MR) is 196 cm³/mol. The van der Waals surface area contributed by atoms with Gasteiger partial charge in [0.15, 0.2) is 0 Å². The van der Waals surface area contributed by atoms with E-state index in [1.165, 1.54) is 0 Å². The molecular weight excluding hydrogens is 746 g/mol. The molecule has 3 aromatic rings. The Kier molecular flexibility index (Phi) is 9.55. The molecule has 0 amide bonds. The summed E-state index contributed by atoms with van der Waals surface area (Å²) in [5.74, 6) is 0.909. The molecule has 3 N–H and O–H groups in total. The second-order valence-electron chi connectivity index (χ2n) is 15.1. The van der Waals surface area contributed by atoms with Gasteiger partial charge in [0.25, 0.3) is 0 Å². The zero-order valence-electron chi connectivity index (χ0n) is 27.8. The summed E-state index contributed by atoms with van der Waals surface area (Å²) in [6.07, 6.45) is 0.843. The van der Waals surface area contributed by atoms with Gasteiger partial charge >= 0.3 is 0 Å². The lowest BCUT2D eigenvalue weighted by atomic mass is 9.61. The highest BCUT2D eigenvalue weighted by Gasteiger charge is 2.54. The zero-order chi connectivity index (χ0) is 32.4. The van der Waals surface area contributed by atoms with Gasteiger partial charge < -0.3 is 15.3 Å². The van der Waals surface area contributed by atoms with Gasteiger partial charge in [-0.15, -0.1) is 0 Å². The summed E-state index contributed by atoms with van der Waals surface area (Å²) in [5.41, 5.74) is 7.49. The van der Waals surface area contributed by atoms with Gasteiger partial charge in [-0.2, -0.15) is 0 Å². The average molecular weight is 797 g/mol. The zero-order valence-corrected chi connectivity index (χ0v) is 32.1. The number of aromatic hydroxyl groups is 3. The lowest BCUT2D eigenvalue weighted by molar-refractivity contribution is 0.440. The monoisotopic (exact) mass is 796 g/mol. The van der Waals surface area contributed by atoms with Gasteiger partial charge in [0.05, 0.1) is 6.84 Å². The summed E-state index contributed by atoms with van der Waals surface area (Å²) in [6.45, 7) is 27.7. The number of phenolic OH excluding ortho intramolecular Hbond substituents is 3. The van der Waals surface area contributed by atoms with Crippen LogP contribution in [0.3, 0.4) is 0 Å². The third-order valence-electron chi connectivity index (χ3n) is 8.66. The molecular formula is C37H50I2O3. The van der Waals surface area contributed by atoms with Gasteiger partial charge in [0.1, 0.15) is 17.2 Å². The van der Waals surface area contributed by atoms with Crippen LogP contribution in [-0.2, 0) is 21.7 Å². The van der Waals surface area contributed by atoms with Crippen molar-refractivity contribution in [3.63, 3.8) is 0 Å². The molecule has 0 bridgehead atoms. The Morgan fingerprint density at radius 1 is 0.476 bits per heavy atom. The first-order valence-corrected chi connectivity index (χ1v) is 17.0. The number of alkyl halides is 2. The fraction of sp³-hybridized carbons (Fsp3) is 0.514. The van der Waals surface area contributed by atoms with Gasteiger partial charge in [-0.05, 0) is 130 Å². The Bertz CT molecular complexity index is 1330. The predicted octanol–water partition coefficient (Wildman–Crippen LogP) is 10.9. The largest absolute Gasteiger partial charge is 0.508 e. The topological polar surface area (TPSA) is 60.7 Å². The van der Waals surface area contributed by atoms with Gasteiger partial charge in [-0.1, -0.05) is 114 Å². The molecule has 0 unspecified atom stereocenters. The summed E-state index contributed by atoms with van der Waals surface area (Å²) in [6, 6.07) is 12.4. The van der Waals surface area contributed by atoms with E-state index in [0.717, 1.165) is 56.5 Å². The van der Waals surface area contributed by atoms with Gasteiger partial charge in [-0.25, -0.2) is 0 Å². The molecule has 3 rings (SSSR count). The molecule has 0 atom stereocenters.